The molecule has 4 rings (SSSR count). The van der Waals surface area contributed by atoms with Gasteiger partial charge in [0, 0.05) is 10.7 Å². The highest BCUT2D eigenvalue weighted by Crippen LogP contribution is 2.37. The van der Waals surface area contributed by atoms with E-state index in [0.29, 0.717) is 38.8 Å². The van der Waals surface area contributed by atoms with Crippen LogP contribution < -0.4 is 15.0 Å². The molecule has 5 nitrogen and oxygen atoms in total. The normalized spacial score (nSPS) is 13.8. The van der Waals surface area contributed by atoms with Gasteiger partial charge >= 0.3 is 0 Å². The summed E-state index contributed by atoms with van der Waals surface area (Å²) >= 11 is 6.25. The van der Waals surface area contributed by atoms with Gasteiger partial charge in [-0.3, -0.25) is 9.59 Å². The molecule has 0 radical (unpaired) electrons. The molecule has 1 aliphatic rings. The molecule has 2 amide bonds. The summed E-state index contributed by atoms with van der Waals surface area (Å²) in [5.74, 6) is -0.176. The van der Waals surface area contributed by atoms with Gasteiger partial charge in [0.15, 0.2) is 0 Å². The van der Waals surface area contributed by atoms with Crippen molar-refractivity contribution in [2.24, 2.45) is 0 Å². The van der Waals surface area contributed by atoms with Crippen LogP contribution in [0, 0.1) is 6.92 Å². The van der Waals surface area contributed by atoms with Crippen LogP contribution in [0.25, 0.3) is 5.57 Å². The van der Waals surface area contributed by atoms with Crippen molar-refractivity contribution in [3.63, 3.8) is 0 Å². The van der Waals surface area contributed by atoms with Gasteiger partial charge in [-0.2, -0.15) is 0 Å². The second-order valence-corrected chi connectivity index (χ2v) is 7.21. The number of imide groups is 1. The molecule has 150 valence electrons. The van der Waals surface area contributed by atoms with Gasteiger partial charge < -0.3 is 10.1 Å². The number of nitrogens with zero attached hydrogens (tertiary/aromatic N) is 1. The fraction of sp³-hybridized carbons (Fsp3) is 0.0833. The van der Waals surface area contributed by atoms with E-state index in [9.17, 15) is 9.59 Å². The van der Waals surface area contributed by atoms with E-state index in [2.05, 4.69) is 5.32 Å². The molecule has 0 unspecified atom stereocenters. The molecule has 0 aliphatic carbocycles. The molecular weight excluding hydrogens is 400 g/mol. The lowest BCUT2D eigenvalue weighted by atomic mass is 10.0. The van der Waals surface area contributed by atoms with E-state index in [0.717, 1.165) is 0 Å². The van der Waals surface area contributed by atoms with Crippen LogP contribution in [0.2, 0.25) is 5.02 Å². The number of carbonyl (C=O) groups is 2. The van der Waals surface area contributed by atoms with Crippen LogP contribution in [-0.2, 0) is 9.59 Å². The highest BCUT2D eigenvalue weighted by atomic mass is 35.5. The summed E-state index contributed by atoms with van der Waals surface area (Å²) in [4.78, 5) is 28.0. The van der Waals surface area contributed by atoms with E-state index >= 15 is 0 Å². The number of hydrogen-bond acceptors (Lipinski definition) is 4. The first-order valence-corrected chi connectivity index (χ1v) is 9.73. The minimum absolute atomic E-state index is 0.218. The van der Waals surface area contributed by atoms with Crippen molar-refractivity contribution < 1.29 is 14.3 Å². The first-order chi connectivity index (χ1) is 14.5. The average molecular weight is 419 g/mol. The fourth-order valence-electron chi connectivity index (χ4n) is 3.39. The van der Waals surface area contributed by atoms with E-state index in [1.165, 1.54) is 4.90 Å². The Hall–Kier alpha value is -3.57. The van der Waals surface area contributed by atoms with E-state index < -0.39 is 11.8 Å². The van der Waals surface area contributed by atoms with Crippen LogP contribution in [0.5, 0.6) is 5.75 Å². The number of halogens is 1. The van der Waals surface area contributed by atoms with Gasteiger partial charge in [-0.05, 0) is 54.4 Å². The number of rotatable bonds is 5. The van der Waals surface area contributed by atoms with E-state index in [4.69, 9.17) is 16.3 Å². The third kappa shape index (κ3) is 3.44. The average Bonchev–Trinajstić information content (AvgIpc) is 3.00. The number of amides is 2. The molecule has 0 fully saturated rings. The molecule has 0 spiro atoms. The summed E-state index contributed by atoms with van der Waals surface area (Å²) in [6.07, 6.45) is 0. The topological polar surface area (TPSA) is 58.6 Å². The Labute approximate surface area is 179 Å². The molecule has 1 N–H and O–H groups in total. The zero-order valence-electron chi connectivity index (χ0n) is 16.5. The summed E-state index contributed by atoms with van der Waals surface area (Å²) in [6, 6.07) is 21.5. The monoisotopic (exact) mass is 418 g/mol. The standard InChI is InChI=1S/C24H19ClN2O3/c1-15-19(25)9-6-10-20(15)27-23(28)21(16-11-13-18(30-2)14-12-16)22(24(27)29)26-17-7-4-3-5-8-17/h3-14,26H,1-2H3. The number of nitrogens with one attached hydrogen (secondary N) is 1. The molecule has 1 aliphatic heterocycles. The molecule has 6 heteroatoms. The molecule has 0 saturated carbocycles. The largest absolute Gasteiger partial charge is 0.497 e. The second-order valence-electron chi connectivity index (χ2n) is 6.80. The number of para-hydroxylation sites is 1. The Morgan fingerprint density at radius 2 is 1.57 bits per heavy atom. The molecule has 3 aromatic carbocycles. The van der Waals surface area contributed by atoms with Crippen molar-refractivity contribution in [3.8, 4) is 5.75 Å². The Morgan fingerprint density at radius 1 is 0.867 bits per heavy atom. The van der Waals surface area contributed by atoms with Crippen molar-refractivity contribution in [3.05, 3.63) is 94.6 Å². The maximum absolute atomic E-state index is 13.5. The van der Waals surface area contributed by atoms with Crippen molar-refractivity contribution in [2.75, 3.05) is 17.3 Å². The van der Waals surface area contributed by atoms with Crippen LogP contribution in [0.3, 0.4) is 0 Å². The number of hydrogen-bond donors (Lipinski definition) is 1. The lowest BCUT2D eigenvalue weighted by Gasteiger charge is -2.18. The second kappa shape index (κ2) is 8.05. The van der Waals surface area contributed by atoms with Crippen LogP contribution in [0.15, 0.2) is 78.5 Å². The summed E-state index contributed by atoms with van der Waals surface area (Å²) in [5, 5.41) is 3.62. The van der Waals surface area contributed by atoms with Crippen LogP contribution in [0.1, 0.15) is 11.1 Å². The third-order valence-corrected chi connectivity index (χ3v) is 5.40. The van der Waals surface area contributed by atoms with Gasteiger partial charge in [-0.25, -0.2) is 4.90 Å². The molecule has 0 aromatic heterocycles. The maximum atomic E-state index is 13.5. The highest BCUT2D eigenvalue weighted by Gasteiger charge is 2.41. The summed E-state index contributed by atoms with van der Waals surface area (Å²) < 4.78 is 5.21. The van der Waals surface area contributed by atoms with Gasteiger partial charge in [0.1, 0.15) is 11.4 Å². The number of anilines is 2. The smallest absolute Gasteiger partial charge is 0.282 e. The first kappa shape index (κ1) is 19.7. The van der Waals surface area contributed by atoms with Crippen LogP contribution in [-0.4, -0.2) is 18.9 Å². The lowest BCUT2D eigenvalue weighted by molar-refractivity contribution is -0.120. The number of methoxy groups -OCH3 is 1. The Bertz CT molecular complexity index is 1150. The zero-order valence-corrected chi connectivity index (χ0v) is 17.2. The zero-order chi connectivity index (χ0) is 21.3. The Morgan fingerprint density at radius 3 is 2.23 bits per heavy atom. The molecule has 0 atom stereocenters. The van der Waals surface area contributed by atoms with Gasteiger partial charge in [-0.15, -0.1) is 0 Å². The minimum Gasteiger partial charge on any atom is -0.497 e. The summed E-state index contributed by atoms with van der Waals surface area (Å²) in [7, 11) is 1.57. The van der Waals surface area contributed by atoms with Crippen LogP contribution >= 0.6 is 11.6 Å². The molecule has 0 saturated heterocycles. The predicted molar refractivity (Wildman–Crippen MR) is 119 cm³/mol. The molecule has 3 aromatic rings. The Balaban J connectivity index is 1.84. The van der Waals surface area contributed by atoms with E-state index in [1.54, 1.807) is 56.5 Å². The lowest BCUT2D eigenvalue weighted by Crippen LogP contribution is -2.33. The maximum Gasteiger partial charge on any atom is 0.282 e. The first-order valence-electron chi connectivity index (χ1n) is 9.36. The van der Waals surface area contributed by atoms with Gasteiger partial charge in [-0.1, -0.05) is 48.0 Å². The van der Waals surface area contributed by atoms with Gasteiger partial charge in [0.05, 0.1) is 18.4 Å². The summed E-state index contributed by atoms with van der Waals surface area (Å²) in [6.45, 7) is 1.79. The molecule has 0 bridgehead atoms. The quantitative estimate of drug-likeness (QED) is 0.589. The fourth-order valence-corrected chi connectivity index (χ4v) is 3.56. The third-order valence-electron chi connectivity index (χ3n) is 4.99. The molecular formula is C24H19ClN2O3. The molecule has 30 heavy (non-hydrogen) atoms. The van der Waals surface area contributed by atoms with Crippen molar-refractivity contribution in [1.82, 2.24) is 0 Å². The number of carbonyl (C=O) groups excluding carboxylic acids is 2. The number of ether oxygens (including phenoxy) is 1. The van der Waals surface area contributed by atoms with Crippen molar-refractivity contribution in [1.29, 1.82) is 0 Å². The van der Waals surface area contributed by atoms with Gasteiger partial charge in [0.2, 0.25) is 0 Å². The van der Waals surface area contributed by atoms with Crippen molar-refractivity contribution >= 4 is 40.4 Å². The van der Waals surface area contributed by atoms with Crippen molar-refractivity contribution in [2.45, 2.75) is 6.92 Å². The van der Waals surface area contributed by atoms with Gasteiger partial charge in [0.25, 0.3) is 11.8 Å². The minimum atomic E-state index is -0.431. The summed E-state index contributed by atoms with van der Waals surface area (Å²) in [5.41, 5.74) is 2.98. The SMILES string of the molecule is COc1ccc(C2=C(Nc3ccccc3)C(=O)N(c3cccc(Cl)c3C)C2=O)cc1. The van der Waals surface area contributed by atoms with E-state index in [1.807, 2.05) is 30.3 Å². The Kier molecular flexibility index (Phi) is 5.29. The predicted octanol–water partition coefficient (Wildman–Crippen LogP) is 5.05. The molecule has 1 heterocycles. The number of benzene rings is 3. The van der Waals surface area contributed by atoms with Crippen LogP contribution in [0.4, 0.5) is 11.4 Å². The van der Waals surface area contributed by atoms with E-state index in [-0.39, 0.29) is 5.70 Å². The highest BCUT2D eigenvalue weighted by molar-refractivity contribution is 6.46.